The van der Waals surface area contributed by atoms with Crippen molar-refractivity contribution in [2.75, 3.05) is 39.3 Å². The Labute approximate surface area is 163 Å². The van der Waals surface area contributed by atoms with Crippen LogP contribution >= 0.6 is 0 Å². The number of carbonyl (C=O) groups is 1. The van der Waals surface area contributed by atoms with E-state index in [2.05, 4.69) is 61.8 Å². The first-order valence-corrected chi connectivity index (χ1v) is 10.1. The number of aliphatic hydroxyl groups is 1. The maximum atomic E-state index is 12.7. The van der Waals surface area contributed by atoms with Crippen molar-refractivity contribution in [3.8, 4) is 0 Å². The molecule has 1 aromatic carbocycles. The number of carbonyl (C=O) groups excluding carboxylic acids is 1. The summed E-state index contributed by atoms with van der Waals surface area (Å²) in [6.07, 6.45) is 0.588. The van der Waals surface area contributed by atoms with Crippen LogP contribution in [0.4, 0.5) is 0 Å². The summed E-state index contributed by atoms with van der Waals surface area (Å²) in [5.74, 6) is 0.257. The van der Waals surface area contributed by atoms with Gasteiger partial charge in [0.05, 0.1) is 12.1 Å². The molecule has 1 N–H and O–H groups in total. The van der Waals surface area contributed by atoms with Crippen LogP contribution in [-0.4, -0.2) is 76.6 Å². The summed E-state index contributed by atoms with van der Waals surface area (Å²) in [4.78, 5) is 19.6. The van der Waals surface area contributed by atoms with Crippen LogP contribution in [0.15, 0.2) is 30.3 Å². The molecule has 0 aromatic heterocycles. The SMILES string of the molecule is CC(C)(C)CC(=O)N1CCN2[C@H](CN(Cc3ccccc3)C[C@@]2(C)CO)C1. The minimum absolute atomic E-state index is 0.0136. The summed E-state index contributed by atoms with van der Waals surface area (Å²) in [5.41, 5.74) is 1.05. The first-order valence-electron chi connectivity index (χ1n) is 10.1. The zero-order valence-corrected chi connectivity index (χ0v) is 17.3. The highest BCUT2D eigenvalue weighted by Crippen LogP contribution is 2.30. The lowest BCUT2D eigenvalue weighted by Crippen LogP contribution is -2.72. The summed E-state index contributed by atoms with van der Waals surface area (Å²) >= 11 is 0. The first-order chi connectivity index (χ1) is 12.7. The van der Waals surface area contributed by atoms with Gasteiger partial charge in [-0.15, -0.1) is 0 Å². The molecule has 3 rings (SSSR count). The number of benzene rings is 1. The van der Waals surface area contributed by atoms with Gasteiger partial charge in [0.25, 0.3) is 0 Å². The number of hydrogen-bond acceptors (Lipinski definition) is 4. The number of hydrogen-bond donors (Lipinski definition) is 1. The highest BCUT2D eigenvalue weighted by atomic mass is 16.3. The fourth-order valence-corrected chi connectivity index (χ4v) is 4.55. The van der Waals surface area contributed by atoms with Crippen LogP contribution < -0.4 is 0 Å². The number of nitrogens with zero attached hydrogens (tertiary/aromatic N) is 3. The summed E-state index contributed by atoms with van der Waals surface area (Å²) < 4.78 is 0. The number of aliphatic hydroxyl groups excluding tert-OH is 1. The van der Waals surface area contributed by atoms with Gasteiger partial charge in [0.15, 0.2) is 0 Å². The third-order valence-corrected chi connectivity index (χ3v) is 5.83. The lowest BCUT2D eigenvalue weighted by Gasteiger charge is -2.56. The van der Waals surface area contributed by atoms with Gasteiger partial charge in [0.2, 0.25) is 5.91 Å². The Morgan fingerprint density at radius 3 is 2.52 bits per heavy atom. The molecule has 2 heterocycles. The largest absolute Gasteiger partial charge is 0.394 e. The molecule has 2 fully saturated rings. The fourth-order valence-electron chi connectivity index (χ4n) is 4.55. The van der Waals surface area contributed by atoms with Gasteiger partial charge >= 0.3 is 0 Å². The summed E-state index contributed by atoms with van der Waals surface area (Å²) in [6, 6.07) is 10.8. The first kappa shape index (κ1) is 20.3. The second-order valence-electron chi connectivity index (χ2n) is 9.73. The second kappa shape index (κ2) is 7.90. The Morgan fingerprint density at radius 2 is 1.89 bits per heavy atom. The van der Waals surface area contributed by atoms with Gasteiger partial charge in [0.1, 0.15) is 0 Å². The molecule has 0 saturated carbocycles. The van der Waals surface area contributed by atoms with E-state index in [1.165, 1.54) is 5.56 Å². The molecule has 0 spiro atoms. The fraction of sp³-hybridized carbons (Fsp3) is 0.682. The van der Waals surface area contributed by atoms with E-state index in [-0.39, 0.29) is 29.5 Å². The van der Waals surface area contributed by atoms with Crippen LogP contribution in [-0.2, 0) is 11.3 Å². The van der Waals surface area contributed by atoms with E-state index in [0.29, 0.717) is 6.42 Å². The van der Waals surface area contributed by atoms with Gasteiger partial charge in [-0.25, -0.2) is 0 Å². The lowest BCUT2D eigenvalue weighted by molar-refractivity contribution is -0.143. The van der Waals surface area contributed by atoms with E-state index < -0.39 is 0 Å². The Balaban J connectivity index is 1.71. The third kappa shape index (κ3) is 4.89. The number of amides is 1. The zero-order chi connectivity index (χ0) is 19.7. The predicted octanol–water partition coefficient (Wildman–Crippen LogP) is 2.20. The molecule has 1 amide bonds. The lowest BCUT2D eigenvalue weighted by atomic mass is 9.89. The molecular formula is C22H35N3O2. The average Bonchev–Trinajstić information content (AvgIpc) is 2.60. The molecule has 2 aliphatic heterocycles. The van der Waals surface area contributed by atoms with Crippen molar-refractivity contribution in [3.05, 3.63) is 35.9 Å². The van der Waals surface area contributed by atoms with E-state index in [0.717, 1.165) is 39.3 Å². The highest BCUT2D eigenvalue weighted by Gasteiger charge is 2.45. The topological polar surface area (TPSA) is 47.0 Å². The normalized spacial score (nSPS) is 27.4. The van der Waals surface area contributed by atoms with Crippen molar-refractivity contribution >= 4 is 5.91 Å². The van der Waals surface area contributed by atoms with E-state index in [1.807, 2.05) is 11.0 Å². The Bertz CT molecular complexity index is 643. The smallest absolute Gasteiger partial charge is 0.223 e. The van der Waals surface area contributed by atoms with Crippen molar-refractivity contribution in [3.63, 3.8) is 0 Å². The van der Waals surface area contributed by atoms with Crippen molar-refractivity contribution in [2.45, 2.75) is 52.2 Å². The molecule has 1 aromatic rings. The van der Waals surface area contributed by atoms with Crippen molar-refractivity contribution in [1.82, 2.24) is 14.7 Å². The van der Waals surface area contributed by atoms with E-state index in [9.17, 15) is 9.90 Å². The van der Waals surface area contributed by atoms with Gasteiger partial charge in [-0.3, -0.25) is 14.6 Å². The molecule has 5 nitrogen and oxygen atoms in total. The van der Waals surface area contributed by atoms with Crippen LogP contribution in [0, 0.1) is 5.41 Å². The number of fused-ring (bicyclic) bond motifs is 1. The summed E-state index contributed by atoms with van der Waals surface area (Å²) in [6.45, 7) is 13.7. The van der Waals surface area contributed by atoms with Crippen LogP contribution in [0.5, 0.6) is 0 Å². The Kier molecular flexibility index (Phi) is 5.94. The third-order valence-electron chi connectivity index (χ3n) is 5.83. The minimum atomic E-state index is -0.253. The van der Waals surface area contributed by atoms with Crippen molar-refractivity contribution in [2.24, 2.45) is 5.41 Å². The minimum Gasteiger partial charge on any atom is -0.394 e. The highest BCUT2D eigenvalue weighted by molar-refractivity contribution is 5.77. The van der Waals surface area contributed by atoms with E-state index in [1.54, 1.807) is 0 Å². The number of rotatable bonds is 4. The van der Waals surface area contributed by atoms with Crippen molar-refractivity contribution in [1.29, 1.82) is 0 Å². The molecule has 0 bridgehead atoms. The molecule has 5 heteroatoms. The van der Waals surface area contributed by atoms with Gasteiger partial charge in [-0.1, -0.05) is 51.1 Å². The van der Waals surface area contributed by atoms with E-state index in [4.69, 9.17) is 0 Å². The number of piperazine rings is 2. The van der Waals surface area contributed by atoms with Gasteiger partial charge < -0.3 is 10.0 Å². The maximum Gasteiger partial charge on any atom is 0.223 e. The Morgan fingerprint density at radius 1 is 1.19 bits per heavy atom. The molecule has 0 unspecified atom stereocenters. The zero-order valence-electron chi connectivity index (χ0n) is 17.3. The maximum absolute atomic E-state index is 12.7. The molecular weight excluding hydrogens is 338 g/mol. The molecule has 2 aliphatic rings. The van der Waals surface area contributed by atoms with Gasteiger partial charge in [-0.2, -0.15) is 0 Å². The van der Waals surface area contributed by atoms with Crippen LogP contribution in [0.3, 0.4) is 0 Å². The molecule has 0 aliphatic carbocycles. The second-order valence-corrected chi connectivity index (χ2v) is 9.73. The van der Waals surface area contributed by atoms with Gasteiger partial charge in [0, 0.05) is 51.7 Å². The standard InChI is InChI=1S/C22H35N3O2/c1-21(2,3)12-20(27)24-10-11-25-19(15-24)14-23(16-22(25,4)17-26)13-18-8-6-5-7-9-18/h5-9,19,26H,10-17H2,1-4H3/t19-,22+/m1/s1. The summed E-state index contributed by atoms with van der Waals surface area (Å²) in [5, 5.41) is 10.2. The van der Waals surface area contributed by atoms with E-state index >= 15 is 0 Å². The molecule has 2 atom stereocenters. The average molecular weight is 374 g/mol. The Hall–Kier alpha value is -1.43. The van der Waals surface area contributed by atoms with Gasteiger partial charge in [-0.05, 0) is 17.9 Å². The molecule has 2 saturated heterocycles. The molecule has 150 valence electrons. The molecule has 27 heavy (non-hydrogen) atoms. The van der Waals surface area contributed by atoms with Crippen LogP contribution in [0.2, 0.25) is 0 Å². The summed E-state index contributed by atoms with van der Waals surface area (Å²) in [7, 11) is 0. The van der Waals surface area contributed by atoms with Crippen molar-refractivity contribution < 1.29 is 9.90 Å². The predicted molar refractivity (Wildman–Crippen MR) is 108 cm³/mol. The monoisotopic (exact) mass is 373 g/mol. The molecule has 0 radical (unpaired) electrons. The van der Waals surface area contributed by atoms with Crippen LogP contribution in [0.1, 0.15) is 39.7 Å². The van der Waals surface area contributed by atoms with Crippen LogP contribution in [0.25, 0.3) is 0 Å². The quantitative estimate of drug-likeness (QED) is 0.879.